The van der Waals surface area contributed by atoms with Gasteiger partial charge >= 0.3 is 5.97 Å². The van der Waals surface area contributed by atoms with E-state index in [2.05, 4.69) is 4.90 Å². The molecule has 92 valence electrons. The first-order valence-electron chi connectivity index (χ1n) is 6.26. The van der Waals surface area contributed by atoms with Gasteiger partial charge in [0, 0.05) is 6.54 Å². The number of aliphatic carboxylic acids is 1. The van der Waals surface area contributed by atoms with Gasteiger partial charge in [0.1, 0.15) is 0 Å². The molecule has 3 nitrogen and oxygen atoms in total. The first kappa shape index (κ1) is 12.1. The molecular weight excluding hydrogens is 214 g/mol. The van der Waals surface area contributed by atoms with Crippen molar-refractivity contribution >= 4 is 5.97 Å². The summed E-state index contributed by atoms with van der Waals surface area (Å²) in [7, 11) is 0. The van der Waals surface area contributed by atoms with E-state index in [4.69, 9.17) is 5.11 Å². The third-order valence-corrected chi connectivity index (χ3v) is 3.30. The van der Waals surface area contributed by atoms with Crippen LogP contribution in [0.5, 0.6) is 0 Å². The van der Waals surface area contributed by atoms with Crippen molar-refractivity contribution < 1.29 is 9.90 Å². The normalized spacial score (nSPS) is 16.9. The first-order chi connectivity index (χ1) is 8.25. The van der Waals surface area contributed by atoms with E-state index in [9.17, 15) is 4.79 Å². The van der Waals surface area contributed by atoms with Crippen LogP contribution in [0.15, 0.2) is 24.3 Å². The molecule has 1 fully saturated rings. The van der Waals surface area contributed by atoms with Crippen molar-refractivity contribution in [2.75, 3.05) is 13.1 Å². The van der Waals surface area contributed by atoms with Gasteiger partial charge in [-0.1, -0.05) is 30.7 Å². The molecule has 1 aliphatic heterocycles. The molecule has 17 heavy (non-hydrogen) atoms. The summed E-state index contributed by atoms with van der Waals surface area (Å²) in [6.45, 7) is 3.17. The summed E-state index contributed by atoms with van der Waals surface area (Å²) >= 11 is 0. The number of benzene rings is 1. The monoisotopic (exact) mass is 233 g/mol. The van der Waals surface area contributed by atoms with Crippen LogP contribution in [0.1, 0.15) is 30.4 Å². The minimum Gasteiger partial charge on any atom is -0.481 e. The Morgan fingerprint density at radius 2 is 1.76 bits per heavy atom. The maximum Gasteiger partial charge on any atom is 0.307 e. The van der Waals surface area contributed by atoms with Crippen LogP contribution in [0.3, 0.4) is 0 Å². The molecule has 0 bridgehead atoms. The lowest BCUT2D eigenvalue weighted by atomic mass is 10.0. The molecular formula is C14H19NO2. The Kier molecular flexibility index (Phi) is 4.15. The van der Waals surface area contributed by atoms with Gasteiger partial charge in [0.05, 0.1) is 6.42 Å². The molecule has 0 spiro atoms. The smallest absolute Gasteiger partial charge is 0.307 e. The average Bonchev–Trinajstić information content (AvgIpc) is 2.32. The Hall–Kier alpha value is -1.35. The van der Waals surface area contributed by atoms with Crippen molar-refractivity contribution in [1.29, 1.82) is 0 Å². The predicted molar refractivity (Wildman–Crippen MR) is 66.9 cm³/mol. The lowest BCUT2D eigenvalue weighted by molar-refractivity contribution is -0.136. The van der Waals surface area contributed by atoms with E-state index in [-0.39, 0.29) is 6.42 Å². The molecule has 1 saturated heterocycles. The summed E-state index contributed by atoms with van der Waals surface area (Å²) in [5.41, 5.74) is 2.11. The molecule has 0 atom stereocenters. The second-order valence-electron chi connectivity index (χ2n) is 4.68. The fourth-order valence-electron chi connectivity index (χ4n) is 2.41. The Labute approximate surface area is 102 Å². The third kappa shape index (κ3) is 3.56. The summed E-state index contributed by atoms with van der Waals surface area (Å²) in [4.78, 5) is 13.2. The average molecular weight is 233 g/mol. The molecule has 1 aromatic rings. The summed E-state index contributed by atoms with van der Waals surface area (Å²) in [6, 6.07) is 7.88. The van der Waals surface area contributed by atoms with Crippen LogP contribution in [0.25, 0.3) is 0 Å². The molecule has 0 radical (unpaired) electrons. The van der Waals surface area contributed by atoms with Gasteiger partial charge in [0.15, 0.2) is 0 Å². The largest absolute Gasteiger partial charge is 0.481 e. The Balaban J connectivity index is 2.05. The summed E-state index contributed by atoms with van der Waals surface area (Å²) in [6.07, 6.45) is 3.99. The Morgan fingerprint density at radius 1 is 1.12 bits per heavy atom. The molecule has 0 aliphatic carbocycles. The van der Waals surface area contributed by atoms with Crippen LogP contribution < -0.4 is 0 Å². The first-order valence-corrected chi connectivity index (χ1v) is 6.26. The van der Waals surface area contributed by atoms with E-state index >= 15 is 0 Å². The number of nitrogens with zero attached hydrogens (tertiary/aromatic N) is 1. The van der Waals surface area contributed by atoms with Gasteiger partial charge in [0.2, 0.25) is 0 Å². The minimum atomic E-state index is -0.754. The number of piperidine rings is 1. The van der Waals surface area contributed by atoms with Gasteiger partial charge in [-0.25, -0.2) is 0 Å². The fourth-order valence-corrected chi connectivity index (χ4v) is 2.41. The molecule has 1 aliphatic rings. The van der Waals surface area contributed by atoms with Gasteiger partial charge in [-0.05, 0) is 37.1 Å². The number of likely N-dealkylation sites (tertiary alicyclic amines) is 1. The highest BCUT2D eigenvalue weighted by molar-refractivity contribution is 5.70. The number of hydrogen-bond acceptors (Lipinski definition) is 2. The molecule has 1 aromatic carbocycles. The molecule has 1 heterocycles. The molecule has 3 heteroatoms. The second-order valence-corrected chi connectivity index (χ2v) is 4.68. The quantitative estimate of drug-likeness (QED) is 0.867. The molecule has 0 unspecified atom stereocenters. The second kappa shape index (κ2) is 5.82. The summed E-state index contributed by atoms with van der Waals surface area (Å²) in [5.74, 6) is -0.754. The van der Waals surface area contributed by atoms with Gasteiger partial charge in [-0.15, -0.1) is 0 Å². The number of carbonyl (C=O) groups is 1. The van der Waals surface area contributed by atoms with Crippen molar-refractivity contribution in [3.8, 4) is 0 Å². The van der Waals surface area contributed by atoms with Crippen LogP contribution >= 0.6 is 0 Å². The van der Waals surface area contributed by atoms with E-state index in [1.54, 1.807) is 0 Å². The van der Waals surface area contributed by atoms with Crippen molar-refractivity contribution in [2.24, 2.45) is 0 Å². The molecule has 2 rings (SSSR count). The third-order valence-electron chi connectivity index (χ3n) is 3.30. The van der Waals surface area contributed by atoms with Crippen molar-refractivity contribution in [3.63, 3.8) is 0 Å². The van der Waals surface area contributed by atoms with Crippen LogP contribution in [0.2, 0.25) is 0 Å². The van der Waals surface area contributed by atoms with E-state index in [0.29, 0.717) is 0 Å². The molecule has 0 amide bonds. The predicted octanol–water partition coefficient (Wildman–Crippen LogP) is 2.30. The molecule has 0 aromatic heterocycles. The van der Waals surface area contributed by atoms with E-state index in [1.165, 1.54) is 19.3 Å². The molecule has 0 saturated carbocycles. The number of rotatable bonds is 4. The fraction of sp³-hybridized carbons (Fsp3) is 0.500. The summed E-state index contributed by atoms with van der Waals surface area (Å²) in [5, 5.41) is 8.88. The highest BCUT2D eigenvalue weighted by atomic mass is 16.4. The highest BCUT2D eigenvalue weighted by Crippen LogP contribution is 2.16. The Morgan fingerprint density at radius 3 is 2.41 bits per heavy atom. The lowest BCUT2D eigenvalue weighted by Gasteiger charge is -2.27. The zero-order chi connectivity index (χ0) is 12.1. The van der Waals surface area contributed by atoms with E-state index in [1.807, 2.05) is 24.3 Å². The lowest BCUT2D eigenvalue weighted by Crippen LogP contribution is -2.29. The Bertz CT molecular complexity index is 384. The van der Waals surface area contributed by atoms with Gasteiger partial charge in [-0.2, -0.15) is 0 Å². The van der Waals surface area contributed by atoms with Gasteiger partial charge in [0.25, 0.3) is 0 Å². The number of hydrogen-bond donors (Lipinski definition) is 1. The zero-order valence-electron chi connectivity index (χ0n) is 10.1. The summed E-state index contributed by atoms with van der Waals surface area (Å²) < 4.78 is 0. The topological polar surface area (TPSA) is 40.5 Å². The van der Waals surface area contributed by atoms with Crippen molar-refractivity contribution in [3.05, 3.63) is 35.4 Å². The van der Waals surface area contributed by atoms with E-state index < -0.39 is 5.97 Å². The van der Waals surface area contributed by atoms with Crippen LogP contribution in [0, 0.1) is 0 Å². The van der Waals surface area contributed by atoms with Crippen LogP contribution in [-0.2, 0) is 17.8 Å². The molecule has 1 N–H and O–H groups in total. The van der Waals surface area contributed by atoms with E-state index in [0.717, 1.165) is 30.8 Å². The maximum absolute atomic E-state index is 10.8. The maximum atomic E-state index is 10.8. The highest BCUT2D eigenvalue weighted by Gasteiger charge is 2.13. The standard InChI is InChI=1S/C14H19NO2/c16-14(17)10-12-6-2-3-7-13(12)11-15-8-4-1-5-9-15/h2-3,6-7H,1,4-5,8-11H2,(H,16,17). The number of carboxylic acids is 1. The van der Waals surface area contributed by atoms with Crippen LogP contribution in [-0.4, -0.2) is 29.1 Å². The van der Waals surface area contributed by atoms with Crippen molar-refractivity contribution in [2.45, 2.75) is 32.2 Å². The zero-order valence-corrected chi connectivity index (χ0v) is 10.1. The van der Waals surface area contributed by atoms with Crippen molar-refractivity contribution in [1.82, 2.24) is 4.90 Å². The SMILES string of the molecule is O=C(O)Cc1ccccc1CN1CCCCC1. The van der Waals surface area contributed by atoms with Gasteiger partial charge < -0.3 is 5.11 Å². The van der Waals surface area contributed by atoms with Crippen LogP contribution in [0.4, 0.5) is 0 Å². The minimum absolute atomic E-state index is 0.129. The van der Waals surface area contributed by atoms with Gasteiger partial charge in [-0.3, -0.25) is 9.69 Å². The number of carboxylic acid groups (broad SMARTS) is 1.